The van der Waals surface area contributed by atoms with Crippen LogP contribution < -0.4 is 5.32 Å². The average Bonchev–Trinajstić information content (AvgIpc) is 2.47. The number of carbonyl (C=O) groups excluding carboxylic acids is 1. The quantitative estimate of drug-likeness (QED) is 0.748. The molecule has 128 valence electrons. The van der Waals surface area contributed by atoms with Gasteiger partial charge in [0.25, 0.3) is 0 Å². The van der Waals surface area contributed by atoms with Crippen molar-refractivity contribution >= 4 is 29.3 Å². The summed E-state index contributed by atoms with van der Waals surface area (Å²) in [5.41, 5.74) is -0.870. The van der Waals surface area contributed by atoms with Crippen LogP contribution in [0.15, 0.2) is 23.1 Å². The van der Waals surface area contributed by atoms with E-state index in [1.165, 1.54) is 18.6 Å². The summed E-state index contributed by atoms with van der Waals surface area (Å²) < 4.78 is 38.4. The molecule has 1 saturated carbocycles. The van der Waals surface area contributed by atoms with E-state index in [0.717, 1.165) is 37.1 Å². The maximum absolute atomic E-state index is 12.8. The molecule has 0 aromatic heterocycles. The third-order valence-electron chi connectivity index (χ3n) is 4.07. The van der Waals surface area contributed by atoms with E-state index < -0.39 is 11.7 Å². The van der Waals surface area contributed by atoms with Gasteiger partial charge in [0.1, 0.15) is 0 Å². The molecule has 1 fully saturated rings. The minimum atomic E-state index is -4.49. The van der Waals surface area contributed by atoms with E-state index in [2.05, 4.69) is 12.2 Å². The minimum Gasteiger partial charge on any atom is -0.352 e. The lowest BCUT2D eigenvalue weighted by Crippen LogP contribution is -2.41. The van der Waals surface area contributed by atoms with E-state index in [1.54, 1.807) is 0 Å². The fourth-order valence-corrected chi connectivity index (χ4v) is 3.71. The van der Waals surface area contributed by atoms with Gasteiger partial charge in [-0.1, -0.05) is 31.4 Å². The fraction of sp³-hybridized carbons (Fsp3) is 0.562. The van der Waals surface area contributed by atoms with Crippen molar-refractivity contribution in [1.82, 2.24) is 5.32 Å². The van der Waals surface area contributed by atoms with E-state index in [0.29, 0.717) is 10.8 Å². The first-order valence-corrected chi connectivity index (χ1v) is 8.92. The van der Waals surface area contributed by atoms with Crippen molar-refractivity contribution in [2.75, 3.05) is 5.75 Å². The number of halogens is 4. The molecule has 2 atom stereocenters. The highest BCUT2D eigenvalue weighted by Gasteiger charge is 2.33. The number of rotatable bonds is 4. The molecule has 0 aliphatic heterocycles. The van der Waals surface area contributed by atoms with Gasteiger partial charge in [-0.15, -0.1) is 11.8 Å². The molecule has 1 aromatic rings. The molecule has 0 bridgehead atoms. The van der Waals surface area contributed by atoms with Gasteiger partial charge in [-0.25, -0.2) is 0 Å². The van der Waals surface area contributed by atoms with Crippen LogP contribution in [0.2, 0.25) is 5.02 Å². The molecular formula is C16H19ClF3NOS. The highest BCUT2D eigenvalue weighted by atomic mass is 35.5. The molecule has 7 heteroatoms. The number of alkyl halides is 3. The lowest BCUT2D eigenvalue weighted by atomic mass is 9.86. The maximum Gasteiger partial charge on any atom is 0.417 e. The summed E-state index contributed by atoms with van der Waals surface area (Å²) >= 11 is 6.67. The Kier molecular flexibility index (Phi) is 6.26. The molecule has 2 rings (SSSR count). The fourth-order valence-electron chi connectivity index (χ4n) is 2.74. The number of benzene rings is 1. The summed E-state index contributed by atoms with van der Waals surface area (Å²) in [6.07, 6.45) is -0.129. The minimum absolute atomic E-state index is 0.0994. The normalized spacial score (nSPS) is 22.0. The Morgan fingerprint density at radius 2 is 2.04 bits per heavy atom. The molecule has 1 aromatic carbocycles. The lowest BCUT2D eigenvalue weighted by Gasteiger charge is -2.29. The third kappa shape index (κ3) is 5.31. The summed E-state index contributed by atoms with van der Waals surface area (Å²) in [5, 5.41) is 2.66. The second-order valence-corrected chi connectivity index (χ2v) is 7.32. The Labute approximate surface area is 143 Å². The Hall–Kier alpha value is -0.880. The zero-order valence-electron chi connectivity index (χ0n) is 12.8. The van der Waals surface area contributed by atoms with Gasteiger partial charge >= 0.3 is 6.18 Å². The highest BCUT2D eigenvalue weighted by Crippen LogP contribution is 2.37. The van der Waals surface area contributed by atoms with Gasteiger partial charge in [0.2, 0.25) is 5.91 Å². The van der Waals surface area contributed by atoms with Gasteiger partial charge in [-0.2, -0.15) is 13.2 Å². The van der Waals surface area contributed by atoms with Crippen LogP contribution in [0.25, 0.3) is 0 Å². The Balaban J connectivity index is 1.91. The predicted molar refractivity (Wildman–Crippen MR) is 86.7 cm³/mol. The maximum atomic E-state index is 12.8. The molecule has 0 saturated heterocycles. The Morgan fingerprint density at radius 1 is 1.35 bits per heavy atom. The van der Waals surface area contributed by atoms with Gasteiger partial charge in [-0.05, 0) is 37.0 Å². The molecule has 1 amide bonds. The second kappa shape index (κ2) is 7.79. The molecule has 0 heterocycles. The standard InChI is InChI=1S/C16H19ClF3NOS/c1-10-4-2-3-5-14(10)21-15(22)9-23-11-6-7-13(17)12(8-11)16(18,19)20/h6-8,10,14H,2-5,9H2,1H3,(H,21,22)/t10-,14-/m0/s1. The first-order valence-electron chi connectivity index (χ1n) is 7.56. The van der Waals surface area contributed by atoms with Crippen molar-refractivity contribution in [3.8, 4) is 0 Å². The van der Waals surface area contributed by atoms with Crippen LogP contribution in [-0.4, -0.2) is 17.7 Å². The van der Waals surface area contributed by atoms with Gasteiger partial charge in [-0.3, -0.25) is 4.79 Å². The van der Waals surface area contributed by atoms with Gasteiger partial charge in [0, 0.05) is 10.9 Å². The molecule has 0 unspecified atom stereocenters. The van der Waals surface area contributed by atoms with E-state index >= 15 is 0 Å². The van der Waals surface area contributed by atoms with Gasteiger partial charge in [0.05, 0.1) is 16.3 Å². The monoisotopic (exact) mass is 365 g/mol. The molecule has 1 aliphatic carbocycles. The SMILES string of the molecule is C[C@H]1CCCC[C@@H]1NC(=O)CSc1ccc(Cl)c(C(F)(F)F)c1. The van der Waals surface area contributed by atoms with E-state index in [-0.39, 0.29) is 22.7 Å². The number of hydrogen-bond donors (Lipinski definition) is 1. The van der Waals surface area contributed by atoms with Crippen LogP contribution >= 0.6 is 23.4 Å². The average molecular weight is 366 g/mol. The number of amides is 1. The van der Waals surface area contributed by atoms with Crippen LogP contribution in [-0.2, 0) is 11.0 Å². The number of hydrogen-bond acceptors (Lipinski definition) is 2. The summed E-state index contributed by atoms with van der Waals surface area (Å²) in [5.74, 6) is 0.407. The topological polar surface area (TPSA) is 29.1 Å². The van der Waals surface area contributed by atoms with Gasteiger partial charge < -0.3 is 5.32 Å². The van der Waals surface area contributed by atoms with Crippen molar-refractivity contribution in [2.45, 2.75) is 49.7 Å². The highest BCUT2D eigenvalue weighted by molar-refractivity contribution is 8.00. The van der Waals surface area contributed by atoms with E-state index in [1.807, 2.05) is 0 Å². The van der Waals surface area contributed by atoms with Crippen LogP contribution in [0, 0.1) is 5.92 Å². The largest absolute Gasteiger partial charge is 0.417 e. The molecule has 2 nitrogen and oxygen atoms in total. The van der Waals surface area contributed by atoms with Crippen LogP contribution in [0.3, 0.4) is 0 Å². The summed E-state index contributed by atoms with van der Waals surface area (Å²) in [6, 6.07) is 3.88. The number of thioether (sulfide) groups is 1. The summed E-state index contributed by atoms with van der Waals surface area (Å²) in [6.45, 7) is 2.12. The molecule has 1 aliphatic rings. The molecular weight excluding hydrogens is 347 g/mol. The van der Waals surface area contributed by atoms with Crippen molar-refractivity contribution in [3.05, 3.63) is 28.8 Å². The third-order valence-corrected chi connectivity index (χ3v) is 5.39. The zero-order valence-corrected chi connectivity index (χ0v) is 14.3. The van der Waals surface area contributed by atoms with E-state index in [4.69, 9.17) is 11.6 Å². The number of nitrogens with one attached hydrogen (secondary N) is 1. The predicted octanol–water partition coefficient (Wildman–Crippen LogP) is 5.15. The van der Waals surface area contributed by atoms with Crippen LogP contribution in [0.4, 0.5) is 13.2 Å². The summed E-state index contributed by atoms with van der Waals surface area (Å²) in [7, 11) is 0. The van der Waals surface area contributed by atoms with Crippen molar-refractivity contribution in [2.24, 2.45) is 5.92 Å². The smallest absolute Gasteiger partial charge is 0.352 e. The Morgan fingerprint density at radius 3 is 2.70 bits per heavy atom. The first kappa shape index (κ1) is 18.5. The molecule has 23 heavy (non-hydrogen) atoms. The molecule has 1 N–H and O–H groups in total. The Bertz CT molecular complexity index is 565. The van der Waals surface area contributed by atoms with Crippen molar-refractivity contribution in [3.63, 3.8) is 0 Å². The van der Waals surface area contributed by atoms with Crippen LogP contribution in [0.5, 0.6) is 0 Å². The van der Waals surface area contributed by atoms with E-state index in [9.17, 15) is 18.0 Å². The van der Waals surface area contributed by atoms with Crippen LogP contribution in [0.1, 0.15) is 38.2 Å². The second-order valence-electron chi connectivity index (χ2n) is 5.86. The van der Waals surface area contributed by atoms with Crippen molar-refractivity contribution in [1.29, 1.82) is 0 Å². The van der Waals surface area contributed by atoms with Crippen molar-refractivity contribution < 1.29 is 18.0 Å². The molecule has 0 spiro atoms. The number of carbonyl (C=O) groups is 1. The summed E-state index contributed by atoms with van der Waals surface area (Å²) in [4.78, 5) is 12.4. The van der Waals surface area contributed by atoms with Gasteiger partial charge in [0.15, 0.2) is 0 Å². The lowest BCUT2D eigenvalue weighted by molar-refractivity contribution is -0.137. The molecule has 0 radical (unpaired) electrons. The first-order chi connectivity index (χ1) is 10.8. The zero-order chi connectivity index (χ0) is 17.0.